The number of amides is 1. The molecule has 0 bridgehead atoms. The number of nitrogens with one attached hydrogen (secondary N) is 1. The monoisotopic (exact) mass is 439 g/mol. The van der Waals surface area contributed by atoms with E-state index >= 15 is 0 Å². The first-order valence-corrected chi connectivity index (χ1v) is 11.0. The Morgan fingerprint density at radius 1 is 1.14 bits per heavy atom. The van der Waals surface area contributed by atoms with Gasteiger partial charge in [0.2, 0.25) is 5.91 Å². The second-order valence-electron chi connectivity index (χ2n) is 7.71. The van der Waals surface area contributed by atoms with Gasteiger partial charge < -0.3 is 20.3 Å². The van der Waals surface area contributed by atoms with Gasteiger partial charge in [-0.2, -0.15) is 8.42 Å². The van der Waals surface area contributed by atoms with Crippen molar-refractivity contribution in [1.82, 2.24) is 5.32 Å². The summed E-state index contributed by atoms with van der Waals surface area (Å²) in [4.78, 5) is 33.6. The number of aliphatic carboxylic acids is 1. The molecule has 2 atom stereocenters. The number of esters is 1. The molecule has 10 nitrogen and oxygen atoms in total. The van der Waals surface area contributed by atoms with Crippen LogP contribution in [-0.2, 0) is 33.4 Å². The molecule has 29 heavy (non-hydrogen) atoms. The molecule has 11 heteroatoms. The van der Waals surface area contributed by atoms with Crippen LogP contribution in [-0.4, -0.2) is 67.6 Å². The Morgan fingerprint density at radius 2 is 1.72 bits per heavy atom. The van der Waals surface area contributed by atoms with Crippen LogP contribution >= 0.6 is 0 Å². The van der Waals surface area contributed by atoms with Gasteiger partial charge in [-0.15, -0.1) is 0 Å². The van der Waals surface area contributed by atoms with Crippen molar-refractivity contribution in [3.05, 3.63) is 0 Å². The quantitative estimate of drug-likeness (QED) is 0.201. The smallest absolute Gasteiger partial charge is 0.333 e. The molecule has 1 amide bonds. The van der Waals surface area contributed by atoms with Gasteiger partial charge in [0.15, 0.2) is 6.10 Å². The average molecular weight is 440 g/mol. The summed E-state index contributed by atoms with van der Waals surface area (Å²) in [7, 11) is -4.05. The maximum Gasteiger partial charge on any atom is 0.333 e. The molecule has 170 valence electrons. The molecule has 0 aromatic heterocycles. The van der Waals surface area contributed by atoms with Crippen molar-refractivity contribution in [3.8, 4) is 0 Å². The van der Waals surface area contributed by atoms with Crippen LogP contribution < -0.4 is 5.32 Å². The van der Waals surface area contributed by atoms with Crippen LogP contribution in [0.1, 0.15) is 53.9 Å². The van der Waals surface area contributed by atoms with Gasteiger partial charge in [-0.05, 0) is 19.3 Å². The van der Waals surface area contributed by atoms with Crippen LogP contribution in [0.15, 0.2) is 0 Å². The topological polar surface area (TPSA) is 156 Å². The highest BCUT2D eigenvalue weighted by Gasteiger charge is 2.43. The number of aliphatic hydroxyl groups excluding tert-OH is 1. The van der Waals surface area contributed by atoms with E-state index in [1.807, 2.05) is 0 Å². The van der Waals surface area contributed by atoms with Gasteiger partial charge in [0.1, 0.15) is 0 Å². The highest BCUT2D eigenvalue weighted by atomic mass is 32.2. The molecule has 3 N–H and O–H groups in total. The van der Waals surface area contributed by atoms with Crippen molar-refractivity contribution in [1.29, 1.82) is 0 Å². The second-order valence-corrected chi connectivity index (χ2v) is 9.43. The third kappa shape index (κ3) is 10.6. The van der Waals surface area contributed by atoms with Gasteiger partial charge in [-0.1, -0.05) is 27.7 Å². The maximum atomic E-state index is 12.3. The molecule has 0 aliphatic carbocycles. The molecule has 0 saturated heterocycles. The van der Waals surface area contributed by atoms with Crippen LogP contribution in [0.5, 0.6) is 0 Å². The number of carboxylic acids is 1. The van der Waals surface area contributed by atoms with Gasteiger partial charge in [-0.3, -0.25) is 13.8 Å². The third-order valence-corrected chi connectivity index (χ3v) is 5.62. The van der Waals surface area contributed by atoms with Crippen molar-refractivity contribution in [2.75, 3.05) is 18.9 Å². The molecule has 0 aliphatic rings. The summed E-state index contributed by atoms with van der Waals surface area (Å²) in [5.74, 6) is -2.89. The van der Waals surface area contributed by atoms with E-state index in [2.05, 4.69) is 5.32 Å². The Balaban J connectivity index is 5.10. The summed E-state index contributed by atoms with van der Waals surface area (Å²) in [6, 6.07) is 0. The lowest BCUT2D eigenvalue weighted by atomic mass is 9.79. The predicted molar refractivity (Wildman–Crippen MR) is 104 cm³/mol. The maximum absolute atomic E-state index is 12.3. The summed E-state index contributed by atoms with van der Waals surface area (Å²) < 4.78 is 34.9. The van der Waals surface area contributed by atoms with E-state index in [4.69, 9.17) is 14.0 Å². The molecule has 0 heterocycles. The minimum atomic E-state index is -4.05. The van der Waals surface area contributed by atoms with Crippen molar-refractivity contribution in [2.24, 2.45) is 11.3 Å². The number of aliphatic hydroxyl groups is 1. The largest absolute Gasteiger partial charge is 0.479 e. The Labute approximate surface area is 172 Å². The standard InChI is InChI=1S/C18H33NO9S/c1-12(2)17(24)27-10-6-8-14(18(4,5)15(21)16(22)23)28-29(25,26)11-7-9-19-13(3)20/h12,14-15,21H,6-11H2,1-5H3,(H,19,20)(H,22,23)/t14?,15-/m0/s1. The number of hydrogen-bond donors (Lipinski definition) is 3. The fraction of sp³-hybridized carbons (Fsp3) is 0.833. The second kappa shape index (κ2) is 12.1. The molecule has 0 radical (unpaired) electrons. The molecule has 0 rings (SSSR count). The summed E-state index contributed by atoms with van der Waals surface area (Å²) in [6.07, 6.45) is -2.63. The zero-order valence-electron chi connectivity index (χ0n) is 17.6. The van der Waals surface area contributed by atoms with Crippen molar-refractivity contribution in [2.45, 2.75) is 66.1 Å². The van der Waals surface area contributed by atoms with Crippen LogP contribution in [0.2, 0.25) is 0 Å². The van der Waals surface area contributed by atoms with E-state index < -0.39 is 39.7 Å². The normalized spacial score (nSPS) is 14.3. The summed E-state index contributed by atoms with van der Waals surface area (Å²) in [6.45, 7) is 7.60. The van der Waals surface area contributed by atoms with E-state index in [1.54, 1.807) is 13.8 Å². The van der Waals surface area contributed by atoms with Gasteiger partial charge >= 0.3 is 11.9 Å². The Kier molecular flexibility index (Phi) is 11.4. The number of rotatable bonds is 14. The number of hydrogen-bond acceptors (Lipinski definition) is 8. The molecule has 1 unspecified atom stereocenters. The van der Waals surface area contributed by atoms with E-state index in [0.29, 0.717) is 0 Å². The lowest BCUT2D eigenvalue weighted by Gasteiger charge is -2.35. The lowest BCUT2D eigenvalue weighted by Crippen LogP contribution is -2.47. The van der Waals surface area contributed by atoms with E-state index in [0.717, 1.165) is 0 Å². The summed E-state index contributed by atoms with van der Waals surface area (Å²) >= 11 is 0. The van der Waals surface area contributed by atoms with Gasteiger partial charge in [0.05, 0.1) is 24.4 Å². The zero-order valence-corrected chi connectivity index (χ0v) is 18.5. The van der Waals surface area contributed by atoms with Crippen LogP contribution in [0, 0.1) is 11.3 Å². The third-order valence-electron chi connectivity index (χ3n) is 4.30. The SMILES string of the molecule is CC(=O)NCCCS(=O)(=O)OC(CCCOC(=O)C(C)C)C(C)(C)[C@@H](O)C(=O)O. The number of ether oxygens (including phenoxy) is 1. The predicted octanol–water partition coefficient (Wildman–Crippen LogP) is 0.679. The van der Waals surface area contributed by atoms with Crippen molar-refractivity contribution >= 4 is 28.0 Å². The average Bonchev–Trinajstić information content (AvgIpc) is 2.59. The highest BCUT2D eigenvalue weighted by molar-refractivity contribution is 7.86. The van der Waals surface area contributed by atoms with Crippen LogP contribution in [0.3, 0.4) is 0 Å². The Morgan fingerprint density at radius 3 is 2.21 bits per heavy atom. The minimum absolute atomic E-state index is 0.0126. The molecule has 0 spiro atoms. The molecule has 0 fully saturated rings. The van der Waals surface area contributed by atoms with Crippen molar-refractivity contribution < 1.29 is 41.9 Å². The summed E-state index contributed by atoms with van der Waals surface area (Å²) in [5, 5.41) is 21.6. The number of carbonyl (C=O) groups excluding carboxylic acids is 2. The molecule has 0 aromatic rings. The van der Waals surface area contributed by atoms with Gasteiger partial charge in [0.25, 0.3) is 10.1 Å². The first-order valence-electron chi connectivity index (χ1n) is 9.43. The van der Waals surface area contributed by atoms with E-state index in [-0.39, 0.29) is 50.0 Å². The first-order chi connectivity index (χ1) is 13.2. The van der Waals surface area contributed by atoms with Crippen LogP contribution in [0.4, 0.5) is 0 Å². The fourth-order valence-corrected chi connectivity index (χ4v) is 3.68. The molecule has 0 saturated carbocycles. The fourth-order valence-electron chi connectivity index (χ4n) is 2.39. The molecule has 0 aliphatic heterocycles. The Bertz CT molecular complexity index is 658. The van der Waals surface area contributed by atoms with Crippen molar-refractivity contribution in [3.63, 3.8) is 0 Å². The van der Waals surface area contributed by atoms with Gasteiger partial charge in [-0.25, -0.2) is 4.79 Å². The molecule has 0 aromatic carbocycles. The first kappa shape index (κ1) is 27.3. The van der Waals surface area contributed by atoms with E-state index in [9.17, 15) is 27.9 Å². The Hall–Kier alpha value is -1.72. The highest BCUT2D eigenvalue weighted by Crippen LogP contribution is 2.32. The van der Waals surface area contributed by atoms with Crippen LogP contribution in [0.25, 0.3) is 0 Å². The van der Waals surface area contributed by atoms with Gasteiger partial charge in [0, 0.05) is 18.9 Å². The zero-order chi connectivity index (χ0) is 22.8. The minimum Gasteiger partial charge on any atom is -0.479 e. The lowest BCUT2D eigenvalue weighted by molar-refractivity contribution is -0.158. The van der Waals surface area contributed by atoms with E-state index in [1.165, 1.54) is 20.8 Å². The molecular formula is C18H33NO9S. The number of carboxylic acid groups (broad SMARTS) is 1. The number of carbonyl (C=O) groups is 3. The summed E-state index contributed by atoms with van der Waals surface area (Å²) in [5.41, 5.74) is -1.43. The molecular weight excluding hydrogens is 406 g/mol.